The van der Waals surface area contributed by atoms with Gasteiger partial charge in [0.25, 0.3) is 5.24 Å². The third kappa shape index (κ3) is 6.44. The van der Waals surface area contributed by atoms with E-state index in [-0.39, 0.29) is 5.24 Å². The molecule has 9 heavy (non-hydrogen) atoms. The predicted octanol–water partition coefficient (Wildman–Crippen LogP) is 1.88. The molecule has 1 N–H and O–H groups in total. The van der Waals surface area contributed by atoms with E-state index in [0.29, 0.717) is 0 Å². The number of alkyl halides is 1. The fourth-order valence-corrected chi connectivity index (χ4v) is 0.957. The van der Waals surface area contributed by atoms with Crippen LogP contribution in [-0.2, 0) is 0 Å². The minimum absolute atomic E-state index is 0.0693. The topological polar surface area (TPSA) is 29.1 Å². The van der Waals surface area contributed by atoms with Crippen LogP contribution in [0, 0.1) is 0 Å². The van der Waals surface area contributed by atoms with Gasteiger partial charge in [-0.15, -0.1) is 0 Å². The van der Waals surface area contributed by atoms with Crippen LogP contribution in [0.1, 0.15) is 6.42 Å². The average molecular weight is 259 g/mol. The Kier molecular flexibility index (Phi) is 7.07. The highest BCUT2D eigenvalue weighted by Gasteiger charge is 1.93. The van der Waals surface area contributed by atoms with Crippen molar-refractivity contribution < 1.29 is 4.79 Å². The van der Waals surface area contributed by atoms with E-state index in [1.165, 1.54) is 11.8 Å². The molecule has 0 radical (unpaired) electrons. The van der Waals surface area contributed by atoms with Gasteiger partial charge in [-0.3, -0.25) is 4.79 Å². The van der Waals surface area contributed by atoms with Gasteiger partial charge in [-0.2, -0.15) is 0 Å². The molecule has 0 aromatic rings. The Labute approximate surface area is 73.3 Å². The van der Waals surface area contributed by atoms with Crippen LogP contribution in [0.25, 0.3) is 0 Å². The number of amides is 1. The standard InChI is InChI=1S/C5H10INOS/c1-9-5(8)7-4-2-3-6/h2-4H2,1H3,(H,7,8). The van der Waals surface area contributed by atoms with Crippen LogP contribution in [0.15, 0.2) is 0 Å². The minimum atomic E-state index is 0.0693. The summed E-state index contributed by atoms with van der Waals surface area (Å²) >= 11 is 3.51. The van der Waals surface area contributed by atoms with E-state index in [0.717, 1.165) is 17.4 Å². The fraction of sp³-hybridized carbons (Fsp3) is 0.800. The van der Waals surface area contributed by atoms with Crippen LogP contribution in [0.3, 0.4) is 0 Å². The molecule has 0 aromatic heterocycles. The number of rotatable bonds is 3. The van der Waals surface area contributed by atoms with E-state index in [1.54, 1.807) is 6.26 Å². The molecule has 1 amide bonds. The highest BCUT2D eigenvalue weighted by molar-refractivity contribution is 14.1. The monoisotopic (exact) mass is 259 g/mol. The predicted molar refractivity (Wildman–Crippen MR) is 50.4 cm³/mol. The van der Waals surface area contributed by atoms with E-state index in [2.05, 4.69) is 27.9 Å². The first-order valence-electron chi connectivity index (χ1n) is 2.69. The molecular formula is C5H10INOS. The Bertz CT molecular complexity index is 89.0. The summed E-state index contributed by atoms with van der Waals surface area (Å²) in [5.41, 5.74) is 0. The van der Waals surface area contributed by atoms with Crippen molar-refractivity contribution in [2.45, 2.75) is 6.42 Å². The van der Waals surface area contributed by atoms with Gasteiger partial charge in [0.15, 0.2) is 0 Å². The molecule has 0 rings (SSSR count). The summed E-state index contributed by atoms with van der Waals surface area (Å²) < 4.78 is 1.10. The quantitative estimate of drug-likeness (QED) is 0.476. The number of thioether (sulfide) groups is 1. The number of halogens is 1. The van der Waals surface area contributed by atoms with E-state index in [4.69, 9.17) is 0 Å². The number of carbonyl (C=O) groups is 1. The first kappa shape index (κ1) is 9.55. The van der Waals surface area contributed by atoms with Gasteiger partial charge in [-0.25, -0.2) is 0 Å². The van der Waals surface area contributed by atoms with Crippen molar-refractivity contribution in [1.29, 1.82) is 0 Å². The Balaban J connectivity index is 2.97. The third-order valence-electron chi connectivity index (χ3n) is 0.765. The first-order valence-corrected chi connectivity index (χ1v) is 5.44. The lowest BCUT2D eigenvalue weighted by atomic mass is 10.5. The zero-order chi connectivity index (χ0) is 7.11. The lowest BCUT2D eigenvalue weighted by Gasteiger charge is -1.98. The largest absolute Gasteiger partial charge is 0.347 e. The molecule has 0 fully saturated rings. The fourth-order valence-electron chi connectivity index (χ4n) is 0.329. The van der Waals surface area contributed by atoms with Crippen molar-refractivity contribution >= 4 is 39.6 Å². The highest BCUT2D eigenvalue weighted by Crippen LogP contribution is 1.93. The molecule has 0 aliphatic rings. The van der Waals surface area contributed by atoms with E-state index >= 15 is 0 Å². The van der Waals surface area contributed by atoms with Gasteiger partial charge >= 0.3 is 0 Å². The van der Waals surface area contributed by atoms with Gasteiger partial charge in [-0.05, 0) is 12.7 Å². The Morgan fingerprint density at radius 1 is 1.78 bits per heavy atom. The smallest absolute Gasteiger partial charge is 0.278 e. The molecule has 0 bridgehead atoms. The highest BCUT2D eigenvalue weighted by atomic mass is 127. The molecule has 0 heterocycles. The van der Waals surface area contributed by atoms with Crippen LogP contribution < -0.4 is 5.32 Å². The van der Waals surface area contributed by atoms with Crippen LogP contribution in [-0.4, -0.2) is 22.5 Å². The lowest BCUT2D eigenvalue weighted by molar-refractivity contribution is 0.261. The summed E-state index contributed by atoms with van der Waals surface area (Å²) in [5, 5.41) is 2.82. The van der Waals surface area contributed by atoms with Crippen molar-refractivity contribution in [3.63, 3.8) is 0 Å². The second-order valence-corrected chi connectivity index (χ2v) is 3.32. The van der Waals surface area contributed by atoms with Crippen molar-refractivity contribution in [3.05, 3.63) is 0 Å². The molecule has 0 aliphatic heterocycles. The van der Waals surface area contributed by atoms with Gasteiger partial charge in [-0.1, -0.05) is 34.4 Å². The summed E-state index contributed by atoms with van der Waals surface area (Å²) in [4.78, 5) is 10.5. The maximum atomic E-state index is 10.5. The van der Waals surface area contributed by atoms with Gasteiger partial charge < -0.3 is 5.32 Å². The molecule has 0 aliphatic carbocycles. The number of nitrogens with one attached hydrogen (secondary N) is 1. The summed E-state index contributed by atoms with van der Waals surface area (Å²) in [5.74, 6) is 0. The molecule has 0 saturated carbocycles. The number of hydrogen-bond donors (Lipinski definition) is 1. The summed E-state index contributed by atoms with van der Waals surface area (Å²) in [6, 6.07) is 0. The molecule has 2 nitrogen and oxygen atoms in total. The summed E-state index contributed by atoms with van der Waals surface area (Å²) in [6.07, 6.45) is 2.84. The van der Waals surface area contributed by atoms with Crippen molar-refractivity contribution in [2.75, 3.05) is 17.2 Å². The van der Waals surface area contributed by atoms with Gasteiger partial charge in [0.05, 0.1) is 0 Å². The molecular weight excluding hydrogens is 249 g/mol. The maximum Gasteiger partial charge on any atom is 0.278 e. The van der Waals surface area contributed by atoms with Gasteiger partial charge in [0, 0.05) is 11.0 Å². The second kappa shape index (κ2) is 6.67. The van der Waals surface area contributed by atoms with Crippen LogP contribution in [0.2, 0.25) is 0 Å². The molecule has 0 saturated heterocycles. The van der Waals surface area contributed by atoms with Crippen LogP contribution in [0.4, 0.5) is 4.79 Å². The van der Waals surface area contributed by atoms with E-state index < -0.39 is 0 Å². The maximum absolute atomic E-state index is 10.5. The molecule has 0 unspecified atom stereocenters. The zero-order valence-electron chi connectivity index (χ0n) is 5.32. The van der Waals surface area contributed by atoms with Crippen molar-refractivity contribution in [2.24, 2.45) is 0 Å². The molecule has 0 aromatic carbocycles. The van der Waals surface area contributed by atoms with E-state index in [1.807, 2.05) is 0 Å². The van der Waals surface area contributed by atoms with Crippen molar-refractivity contribution in [1.82, 2.24) is 5.32 Å². The van der Waals surface area contributed by atoms with Gasteiger partial charge in [0.1, 0.15) is 0 Å². The zero-order valence-corrected chi connectivity index (χ0v) is 8.29. The second-order valence-electron chi connectivity index (χ2n) is 1.46. The lowest BCUT2D eigenvalue weighted by Crippen LogP contribution is -2.19. The Hall–Kier alpha value is 0.550. The first-order chi connectivity index (χ1) is 4.31. The van der Waals surface area contributed by atoms with Gasteiger partial charge in [0.2, 0.25) is 0 Å². The molecule has 0 atom stereocenters. The SMILES string of the molecule is CSC(=O)NCCCI. The van der Waals surface area contributed by atoms with E-state index in [9.17, 15) is 4.79 Å². The number of carbonyl (C=O) groups excluding carboxylic acids is 1. The van der Waals surface area contributed by atoms with Crippen LogP contribution in [0.5, 0.6) is 0 Å². The Morgan fingerprint density at radius 2 is 2.44 bits per heavy atom. The summed E-state index contributed by atoms with van der Waals surface area (Å²) in [6.45, 7) is 0.808. The number of hydrogen-bond acceptors (Lipinski definition) is 2. The average Bonchev–Trinajstić information content (AvgIpc) is 1.89. The Morgan fingerprint density at radius 3 is 2.89 bits per heavy atom. The molecule has 0 spiro atoms. The molecule has 54 valence electrons. The van der Waals surface area contributed by atoms with Crippen LogP contribution >= 0.6 is 34.4 Å². The molecule has 4 heteroatoms. The third-order valence-corrected chi connectivity index (χ3v) is 2.04. The minimum Gasteiger partial charge on any atom is -0.347 e. The summed E-state index contributed by atoms with van der Waals surface area (Å²) in [7, 11) is 0. The van der Waals surface area contributed by atoms with Crippen molar-refractivity contribution in [3.8, 4) is 0 Å². The normalized spacial score (nSPS) is 9.11.